The third-order valence-electron chi connectivity index (χ3n) is 2.85. The van der Waals surface area contributed by atoms with E-state index in [4.69, 9.17) is 14.2 Å². The maximum absolute atomic E-state index is 12.2. The van der Waals surface area contributed by atoms with Crippen molar-refractivity contribution in [2.24, 2.45) is 0 Å². The summed E-state index contributed by atoms with van der Waals surface area (Å²) >= 11 is 0. The standard InChI is InChI=1S/C15H16N2O4/c1-19-12-5-4-11(9-13(12)20-2)17-15(18)10-6-7-16-14(8-10)21-3/h4-9H,1-3H3,(H,17,18). The molecule has 1 aromatic carbocycles. The van der Waals surface area contributed by atoms with E-state index in [1.807, 2.05) is 0 Å². The van der Waals surface area contributed by atoms with Crippen molar-refractivity contribution in [1.29, 1.82) is 0 Å². The lowest BCUT2D eigenvalue weighted by Crippen LogP contribution is -2.12. The zero-order valence-electron chi connectivity index (χ0n) is 12.0. The van der Waals surface area contributed by atoms with Crippen molar-refractivity contribution >= 4 is 11.6 Å². The van der Waals surface area contributed by atoms with E-state index in [2.05, 4.69) is 10.3 Å². The first-order valence-corrected chi connectivity index (χ1v) is 6.21. The van der Waals surface area contributed by atoms with E-state index in [-0.39, 0.29) is 5.91 Å². The number of carbonyl (C=O) groups excluding carboxylic acids is 1. The Balaban J connectivity index is 2.19. The van der Waals surface area contributed by atoms with E-state index in [0.717, 1.165) is 0 Å². The molecule has 1 heterocycles. The Labute approximate surface area is 122 Å². The number of anilines is 1. The lowest BCUT2D eigenvalue weighted by atomic mass is 10.2. The molecule has 0 radical (unpaired) electrons. The normalized spacial score (nSPS) is 9.86. The number of methoxy groups -OCH3 is 3. The van der Waals surface area contributed by atoms with Gasteiger partial charge in [-0.15, -0.1) is 0 Å². The topological polar surface area (TPSA) is 69.7 Å². The van der Waals surface area contributed by atoms with Gasteiger partial charge in [0.15, 0.2) is 11.5 Å². The van der Waals surface area contributed by atoms with E-state index in [0.29, 0.717) is 28.6 Å². The molecule has 6 heteroatoms. The molecule has 0 fully saturated rings. The molecule has 0 saturated heterocycles. The molecule has 21 heavy (non-hydrogen) atoms. The van der Waals surface area contributed by atoms with E-state index in [1.165, 1.54) is 20.4 Å². The predicted octanol–water partition coefficient (Wildman–Crippen LogP) is 2.36. The van der Waals surface area contributed by atoms with Crippen LogP contribution in [0.3, 0.4) is 0 Å². The molecular weight excluding hydrogens is 272 g/mol. The van der Waals surface area contributed by atoms with E-state index >= 15 is 0 Å². The molecular formula is C15H16N2O4. The fraction of sp³-hybridized carbons (Fsp3) is 0.200. The van der Waals surface area contributed by atoms with Gasteiger partial charge >= 0.3 is 0 Å². The van der Waals surface area contributed by atoms with Gasteiger partial charge in [-0.2, -0.15) is 0 Å². The number of hydrogen-bond acceptors (Lipinski definition) is 5. The van der Waals surface area contributed by atoms with Gasteiger partial charge in [0.1, 0.15) is 0 Å². The highest BCUT2D eigenvalue weighted by molar-refractivity contribution is 6.04. The minimum atomic E-state index is -0.261. The fourth-order valence-electron chi connectivity index (χ4n) is 1.78. The van der Waals surface area contributed by atoms with Gasteiger partial charge in [-0.3, -0.25) is 4.79 Å². The Bertz CT molecular complexity index is 643. The average Bonchev–Trinajstić information content (AvgIpc) is 2.54. The first kappa shape index (κ1) is 14.6. The van der Waals surface area contributed by atoms with Gasteiger partial charge in [-0.25, -0.2) is 4.98 Å². The van der Waals surface area contributed by atoms with Crippen LogP contribution in [-0.4, -0.2) is 32.2 Å². The number of amides is 1. The molecule has 0 bridgehead atoms. The van der Waals surface area contributed by atoms with Crippen molar-refractivity contribution in [3.05, 3.63) is 42.1 Å². The van der Waals surface area contributed by atoms with Crippen LogP contribution in [0.5, 0.6) is 17.4 Å². The SMILES string of the molecule is COc1cc(C(=O)Nc2ccc(OC)c(OC)c2)ccn1. The summed E-state index contributed by atoms with van der Waals surface area (Å²) in [6.45, 7) is 0. The molecule has 2 rings (SSSR count). The fourth-order valence-corrected chi connectivity index (χ4v) is 1.78. The third kappa shape index (κ3) is 3.42. The lowest BCUT2D eigenvalue weighted by molar-refractivity contribution is 0.102. The highest BCUT2D eigenvalue weighted by Gasteiger charge is 2.10. The van der Waals surface area contributed by atoms with Crippen LogP contribution in [0.4, 0.5) is 5.69 Å². The van der Waals surface area contributed by atoms with E-state index < -0.39 is 0 Å². The molecule has 0 aliphatic heterocycles. The Morgan fingerprint density at radius 3 is 2.43 bits per heavy atom. The molecule has 1 amide bonds. The van der Waals surface area contributed by atoms with Crippen molar-refractivity contribution in [2.45, 2.75) is 0 Å². The number of carbonyl (C=O) groups is 1. The average molecular weight is 288 g/mol. The molecule has 1 aromatic heterocycles. The molecule has 0 spiro atoms. The maximum atomic E-state index is 12.2. The number of hydrogen-bond donors (Lipinski definition) is 1. The summed E-state index contributed by atoms with van der Waals surface area (Å²) in [4.78, 5) is 16.1. The Hall–Kier alpha value is -2.76. The zero-order valence-corrected chi connectivity index (χ0v) is 12.0. The predicted molar refractivity (Wildman–Crippen MR) is 78.3 cm³/mol. The van der Waals surface area contributed by atoms with Gasteiger partial charge in [0.05, 0.1) is 21.3 Å². The van der Waals surface area contributed by atoms with Crippen LogP contribution in [-0.2, 0) is 0 Å². The van der Waals surface area contributed by atoms with Crippen LogP contribution in [0.2, 0.25) is 0 Å². The number of aromatic nitrogens is 1. The second-order valence-electron chi connectivity index (χ2n) is 4.11. The van der Waals surface area contributed by atoms with Gasteiger partial charge < -0.3 is 19.5 Å². The second-order valence-corrected chi connectivity index (χ2v) is 4.11. The van der Waals surface area contributed by atoms with Gasteiger partial charge in [-0.1, -0.05) is 0 Å². The maximum Gasteiger partial charge on any atom is 0.255 e. The van der Waals surface area contributed by atoms with E-state index in [1.54, 1.807) is 37.4 Å². The number of ether oxygens (including phenoxy) is 3. The van der Waals surface area contributed by atoms with Crippen molar-refractivity contribution < 1.29 is 19.0 Å². The number of nitrogens with zero attached hydrogens (tertiary/aromatic N) is 1. The summed E-state index contributed by atoms with van der Waals surface area (Å²) < 4.78 is 15.3. The number of benzene rings is 1. The minimum Gasteiger partial charge on any atom is -0.493 e. The van der Waals surface area contributed by atoms with Crippen LogP contribution in [0.1, 0.15) is 10.4 Å². The van der Waals surface area contributed by atoms with Crippen molar-refractivity contribution in [1.82, 2.24) is 4.98 Å². The van der Waals surface area contributed by atoms with Crippen molar-refractivity contribution in [3.63, 3.8) is 0 Å². The molecule has 0 aliphatic rings. The largest absolute Gasteiger partial charge is 0.493 e. The number of nitrogens with one attached hydrogen (secondary N) is 1. The van der Waals surface area contributed by atoms with Gasteiger partial charge in [-0.05, 0) is 18.2 Å². The first-order chi connectivity index (χ1) is 10.2. The van der Waals surface area contributed by atoms with Crippen LogP contribution < -0.4 is 19.5 Å². The second kappa shape index (κ2) is 6.60. The van der Waals surface area contributed by atoms with Gasteiger partial charge in [0, 0.05) is 29.6 Å². The Kier molecular flexibility index (Phi) is 4.61. The Morgan fingerprint density at radius 2 is 1.76 bits per heavy atom. The number of rotatable bonds is 5. The van der Waals surface area contributed by atoms with Crippen molar-refractivity contribution in [2.75, 3.05) is 26.6 Å². The Morgan fingerprint density at radius 1 is 1.00 bits per heavy atom. The lowest BCUT2D eigenvalue weighted by Gasteiger charge is -2.10. The minimum absolute atomic E-state index is 0.261. The highest BCUT2D eigenvalue weighted by atomic mass is 16.5. The zero-order chi connectivity index (χ0) is 15.2. The summed E-state index contributed by atoms with van der Waals surface area (Å²) in [6.07, 6.45) is 1.52. The first-order valence-electron chi connectivity index (χ1n) is 6.21. The quantitative estimate of drug-likeness (QED) is 0.914. The van der Waals surface area contributed by atoms with Crippen molar-refractivity contribution in [3.8, 4) is 17.4 Å². The van der Waals surface area contributed by atoms with Gasteiger partial charge in [0.25, 0.3) is 5.91 Å². The van der Waals surface area contributed by atoms with Crippen LogP contribution >= 0.6 is 0 Å². The molecule has 6 nitrogen and oxygen atoms in total. The van der Waals surface area contributed by atoms with Crippen LogP contribution in [0.25, 0.3) is 0 Å². The molecule has 0 saturated carbocycles. The summed E-state index contributed by atoms with van der Waals surface area (Å²) in [5.74, 6) is 1.27. The monoisotopic (exact) mass is 288 g/mol. The summed E-state index contributed by atoms with van der Waals surface area (Å²) in [6, 6.07) is 8.32. The molecule has 1 N–H and O–H groups in total. The summed E-state index contributed by atoms with van der Waals surface area (Å²) in [5, 5.41) is 2.78. The van der Waals surface area contributed by atoms with Gasteiger partial charge in [0.2, 0.25) is 5.88 Å². The molecule has 0 unspecified atom stereocenters. The third-order valence-corrected chi connectivity index (χ3v) is 2.85. The van der Waals surface area contributed by atoms with E-state index in [9.17, 15) is 4.79 Å². The molecule has 110 valence electrons. The molecule has 0 aliphatic carbocycles. The summed E-state index contributed by atoms with van der Waals surface area (Å²) in [5.41, 5.74) is 1.06. The van der Waals surface area contributed by atoms with Crippen LogP contribution in [0, 0.1) is 0 Å². The smallest absolute Gasteiger partial charge is 0.255 e. The summed E-state index contributed by atoms with van der Waals surface area (Å²) in [7, 11) is 4.59. The highest BCUT2D eigenvalue weighted by Crippen LogP contribution is 2.29. The van der Waals surface area contributed by atoms with Crippen LogP contribution in [0.15, 0.2) is 36.5 Å². The molecule has 2 aromatic rings. The number of pyridine rings is 1. The molecule has 0 atom stereocenters.